The minimum Gasteiger partial charge on any atom is -0.336 e. The van der Waals surface area contributed by atoms with E-state index in [1.54, 1.807) is 0 Å². The van der Waals surface area contributed by atoms with E-state index in [0.29, 0.717) is 17.9 Å². The fourth-order valence-corrected chi connectivity index (χ4v) is 3.08. The fourth-order valence-electron chi connectivity index (χ4n) is 3.08. The van der Waals surface area contributed by atoms with Crippen LogP contribution in [0.5, 0.6) is 0 Å². The molecule has 0 aromatic carbocycles. The van der Waals surface area contributed by atoms with Crippen LogP contribution in [0.4, 0.5) is 4.79 Å². The Labute approximate surface area is 124 Å². The summed E-state index contributed by atoms with van der Waals surface area (Å²) in [5, 5.41) is 3.15. The SMILES string of the molecule is CCN(CC)C(CNC(=O)N1CCC(C)C1)CC(C)C. The molecule has 2 atom stereocenters. The van der Waals surface area contributed by atoms with Gasteiger partial charge in [0.05, 0.1) is 0 Å². The van der Waals surface area contributed by atoms with Crippen LogP contribution in [0.15, 0.2) is 0 Å². The van der Waals surface area contributed by atoms with Crippen LogP contribution in [0.3, 0.4) is 0 Å². The first kappa shape index (κ1) is 17.3. The zero-order valence-corrected chi connectivity index (χ0v) is 14.0. The van der Waals surface area contributed by atoms with Crippen molar-refractivity contribution in [2.24, 2.45) is 11.8 Å². The normalized spacial score (nSPS) is 20.8. The van der Waals surface area contributed by atoms with Gasteiger partial charge in [-0.2, -0.15) is 0 Å². The van der Waals surface area contributed by atoms with Crippen molar-refractivity contribution in [3.05, 3.63) is 0 Å². The van der Waals surface area contributed by atoms with Gasteiger partial charge >= 0.3 is 6.03 Å². The highest BCUT2D eigenvalue weighted by atomic mass is 16.2. The lowest BCUT2D eigenvalue weighted by Gasteiger charge is -2.31. The number of hydrogen-bond acceptors (Lipinski definition) is 2. The van der Waals surface area contributed by atoms with E-state index in [9.17, 15) is 4.79 Å². The Hall–Kier alpha value is -0.770. The van der Waals surface area contributed by atoms with Crippen LogP contribution in [0.25, 0.3) is 0 Å². The second-order valence-corrected chi connectivity index (χ2v) is 6.53. The topological polar surface area (TPSA) is 35.6 Å². The average Bonchev–Trinajstić information content (AvgIpc) is 2.83. The molecule has 4 nitrogen and oxygen atoms in total. The predicted molar refractivity (Wildman–Crippen MR) is 84.9 cm³/mol. The molecule has 0 aromatic heterocycles. The highest BCUT2D eigenvalue weighted by Crippen LogP contribution is 2.15. The summed E-state index contributed by atoms with van der Waals surface area (Å²) in [6.07, 6.45) is 2.28. The number of carbonyl (C=O) groups is 1. The second-order valence-electron chi connectivity index (χ2n) is 6.53. The third-order valence-corrected chi connectivity index (χ3v) is 4.27. The molecule has 1 fully saturated rings. The summed E-state index contributed by atoms with van der Waals surface area (Å²) in [4.78, 5) is 16.6. The van der Waals surface area contributed by atoms with Crippen LogP contribution in [0.1, 0.15) is 47.5 Å². The first-order chi connectivity index (χ1) is 9.47. The van der Waals surface area contributed by atoms with Crippen LogP contribution in [-0.2, 0) is 0 Å². The number of likely N-dealkylation sites (tertiary alicyclic amines) is 1. The van der Waals surface area contributed by atoms with E-state index >= 15 is 0 Å². The van der Waals surface area contributed by atoms with Gasteiger partial charge in [-0.15, -0.1) is 0 Å². The zero-order valence-electron chi connectivity index (χ0n) is 14.0. The highest BCUT2D eigenvalue weighted by Gasteiger charge is 2.24. The number of carbonyl (C=O) groups excluding carboxylic acids is 1. The van der Waals surface area contributed by atoms with Crippen LogP contribution >= 0.6 is 0 Å². The molecule has 1 aliphatic rings. The lowest BCUT2D eigenvalue weighted by Crippen LogP contribution is -2.47. The van der Waals surface area contributed by atoms with Crippen molar-refractivity contribution in [2.45, 2.75) is 53.5 Å². The molecule has 0 aliphatic carbocycles. The van der Waals surface area contributed by atoms with Crippen molar-refractivity contribution in [3.8, 4) is 0 Å². The van der Waals surface area contributed by atoms with Gasteiger partial charge in [0.1, 0.15) is 0 Å². The van der Waals surface area contributed by atoms with Gasteiger partial charge in [-0.1, -0.05) is 34.6 Å². The molecule has 20 heavy (non-hydrogen) atoms. The summed E-state index contributed by atoms with van der Waals surface area (Å²) in [5.74, 6) is 1.30. The predicted octanol–water partition coefficient (Wildman–Crippen LogP) is 2.79. The molecule has 118 valence electrons. The molecule has 0 spiro atoms. The van der Waals surface area contributed by atoms with Gasteiger partial charge in [0.2, 0.25) is 0 Å². The van der Waals surface area contributed by atoms with Gasteiger partial charge in [0, 0.05) is 25.7 Å². The minimum atomic E-state index is 0.121. The summed E-state index contributed by atoms with van der Waals surface area (Å²) in [7, 11) is 0. The van der Waals surface area contributed by atoms with E-state index in [1.165, 1.54) is 0 Å². The number of amides is 2. The molecule has 0 radical (unpaired) electrons. The number of nitrogens with one attached hydrogen (secondary N) is 1. The van der Waals surface area contributed by atoms with E-state index in [1.807, 2.05) is 4.90 Å². The molecular formula is C16H33N3O. The van der Waals surface area contributed by atoms with Crippen molar-refractivity contribution in [1.29, 1.82) is 0 Å². The lowest BCUT2D eigenvalue weighted by molar-refractivity contribution is 0.175. The van der Waals surface area contributed by atoms with Crippen LogP contribution in [0, 0.1) is 11.8 Å². The number of rotatable bonds is 7. The summed E-state index contributed by atoms with van der Waals surface area (Å²) in [6, 6.07) is 0.573. The van der Waals surface area contributed by atoms with Gasteiger partial charge in [-0.25, -0.2) is 4.79 Å². The Bertz CT molecular complexity index is 289. The molecule has 2 unspecified atom stereocenters. The third kappa shape index (κ3) is 5.31. The highest BCUT2D eigenvalue weighted by molar-refractivity contribution is 5.74. The van der Waals surface area contributed by atoms with Crippen molar-refractivity contribution in [1.82, 2.24) is 15.1 Å². The molecule has 4 heteroatoms. The number of likely N-dealkylation sites (N-methyl/N-ethyl adjacent to an activating group) is 1. The van der Waals surface area contributed by atoms with Crippen molar-refractivity contribution < 1.29 is 4.79 Å². The number of hydrogen-bond donors (Lipinski definition) is 1. The van der Waals surface area contributed by atoms with Gasteiger partial charge in [0.25, 0.3) is 0 Å². The van der Waals surface area contributed by atoms with E-state index in [4.69, 9.17) is 0 Å². The maximum atomic E-state index is 12.2. The van der Waals surface area contributed by atoms with Crippen LogP contribution in [-0.4, -0.2) is 54.6 Å². The van der Waals surface area contributed by atoms with Gasteiger partial charge in [-0.05, 0) is 37.8 Å². The Morgan fingerprint density at radius 2 is 2.00 bits per heavy atom. The lowest BCUT2D eigenvalue weighted by atomic mass is 10.0. The summed E-state index contributed by atoms with van der Waals surface area (Å²) < 4.78 is 0. The molecule has 1 aliphatic heterocycles. The van der Waals surface area contributed by atoms with E-state index in [2.05, 4.69) is 44.8 Å². The molecule has 0 saturated carbocycles. The number of nitrogens with zero attached hydrogens (tertiary/aromatic N) is 2. The van der Waals surface area contributed by atoms with Crippen molar-refractivity contribution in [3.63, 3.8) is 0 Å². The molecular weight excluding hydrogens is 250 g/mol. The number of urea groups is 1. The Morgan fingerprint density at radius 3 is 2.45 bits per heavy atom. The second kappa shape index (κ2) is 8.50. The molecule has 1 rings (SSSR count). The van der Waals surface area contributed by atoms with Crippen molar-refractivity contribution in [2.75, 3.05) is 32.7 Å². The average molecular weight is 283 g/mol. The maximum Gasteiger partial charge on any atom is 0.317 e. The van der Waals surface area contributed by atoms with E-state index in [0.717, 1.165) is 45.6 Å². The summed E-state index contributed by atoms with van der Waals surface area (Å²) in [5.41, 5.74) is 0. The maximum absolute atomic E-state index is 12.2. The standard InChI is InChI=1S/C16H33N3O/c1-6-18(7-2)15(10-13(3)4)11-17-16(20)19-9-8-14(5)12-19/h13-15H,6-12H2,1-5H3,(H,17,20). The smallest absolute Gasteiger partial charge is 0.317 e. The minimum absolute atomic E-state index is 0.121. The van der Waals surface area contributed by atoms with Crippen molar-refractivity contribution >= 4 is 6.03 Å². The Kier molecular flexibility index (Phi) is 7.35. The Morgan fingerprint density at radius 1 is 1.35 bits per heavy atom. The fraction of sp³-hybridized carbons (Fsp3) is 0.938. The molecule has 0 bridgehead atoms. The summed E-state index contributed by atoms with van der Waals surface area (Å²) >= 11 is 0. The first-order valence-corrected chi connectivity index (χ1v) is 8.24. The molecule has 0 aromatic rings. The largest absolute Gasteiger partial charge is 0.336 e. The van der Waals surface area contributed by atoms with E-state index in [-0.39, 0.29) is 6.03 Å². The van der Waals surface area contributed by atoms with E-state index < -0.39 is 0 Å². The third-order valence-electron chi connectivity index (χ3n) is 4.27. The van der Waals surface area contributed by atoms with Crippen LogP contribution < -0.4 is 5.32 Å². The van der Waals surface area contributed by atoms with Crippen LogP contribution in [0.2, 0.25) is 0 Å². The quantitative estimate of drug-likeness (QED) is 0.780. The van der Waals surface area contributed by atoms with Gasteiger partial charge in [-0.3, -0.25) is 4.90 Å². The molecule has 2 amide bonds. The molecule has 1 heterocycles. The molecule has 1 saturated heterocycles. The summed E-state index contributed by atoms with van der Waals surface area (Å²) in [6.45, 7) is 15.8. The monoisotopic (exact) mass is 283 g/mol. The van der Waals surface area contributed by atoms with Gasteiger partial charge < -0.3 is 10.2 Å². The first-order valence-electron chi connectivity index (χ1n) is 8.24. The van der Waals surface area contributed by atoms with Gasteiger partial charge in [0.15, 0.2) is 0 Å². The zero-order chi connectivity index (χ0) is 15.1. The molecule has 1 N–H and O–H groups in total. The Balaban J connectivity index is 2.46.